The monoisotopic (exact) mass is 295 g/mol. The van der Waals surface area contributed by atoms with E-state index in [2.05, 4.69) is 6.07 Å². The van der Waals surface area contributed by atoms with E-state index < -0.39 is 10.8 Å². The van der Waals surface area contributed by atoms with Crippen LogP contribution in [0.2, 0.25) is 5.02 Å². The molecule has 0 aliphatic heterocycles. The van der Waals surface area contributed by atoms with Gasteiger partial charge in [-0.05, 0) is 30.5 Å². The summed E-state index contributed by atoms with van der Waals surface area (Å²) in [7, 11) is -0.971. The highest BCUT2D eigenvalue weighted by molar-refractivity contribution is 7.84. The molecule has 0 saturated heterocycles. The molecular formula is C15H18ClNOS. The van der Waals surface area contributed by atoms with E-state index in [1.54, 1.807) is 0 Å². The molecule has 19 heavy (non-hydrogen) atoms. The van der Waals surface area contributed by atoms with Crippen LogP contribution in [0.25, 0.3) is 0 Å². The van der Waals surface area contributed by atoms with Crippen molar-refractivity contribution >= 4 is 22.4 Å². The topological polar surface area (TPSA) is 40.9 Å². The SMILES string of the molecule is N#CC1CCCCCC1S(=O)Cc1ccc(Cl)cc1. The molecule has 0 bridgehead atoms. The van der Waals surface area contributed by atoms with Crippen molar-refractivity contribution in [3.05, 3.63) is 34.9 Å². The van der Waals surface area contributed by atoms with Gasteiger partial charge >= 0.3 is 0 Å². The lowest BCUT2D eigenvalue weighted by molar-refractivity contribution is 0.564. The molecule has 3 atom stereocenters. The van der Waals surface area contributed by atoms with Crippen LogP contribution >= 0.6 is 11.6 Å². The Morgan fingerprint density at radius 1 is 1.21 bits per heavy atom. The lowest BCUT2D eigenvalue weighted by Gasteiger charge is -2.18. The maximum absolute atomic E-state index is 12.5. The Balaban J connectivity index is 2.05. The van der Waals surface area contributed by atoms with Crippen molar-refractivity contribution in [1.82, 2.24) is 0 Å². The van der Waals surface area contributed by atoms with Crippen LogP contribution in [-0.2, 0) is 16.6 Å². The molecule has 2 rings (SSSR count). The summed E-state index contributed by atoms with van der Waals surface area (Å²) in [4.78, 5) is 0. The van der Waals surface area contributed by atoms with Gasteiger partial charge in [0, 0.05) is 21.6 Å². The maximum atomic E-state index is 12.5. The van der Waals surface area contributed by atoms with Gasteiger partial charge in [-0.2, -0.15) is 5.26 Å². The fourth-order valence-corrected chi connectivity index (χ4v) is 4.44. The highest BCUT2D eigenvalue weighted by Gasteiger charge is 2.28. The normalized spacial score (nSPS) is 25.3. The van der Waals surface area contributed by atoms with Crippen molar-refractivity contribution in [3.8, 4) is 6.07 Å². The smallest absolute Gasteiger partial charge is 0.0668 e. The van der Waals surface area contributed by atoms with Crippen molar-refractivity contribution < 1.29 is 4.21 Å². The molecule has 0 amide bonds. The first-order chi connectivity index (χ1) is 9.20. The molecule has 1 aromatic carbocycles. The molecule has 0 N–H and O–H groups in total. The molecule has 1 aliphatic rings. The van der Waals surface area contributed by atoms with Gasteiger partial charge in [-0.3, -0.25) is 4.21 Å². The molecule has 1 aromatic rings. The van der Waals surface area contributed by atoms with Crippen molar-refractivity contribution in [1.29, 1.82) is 5.26 Å². The van der Waals surface area contributed by atoms with Gasteiger partial charge < -0.3 is 0 Å². The van der Waals surface area contributed by atoms with E-state index in [0.29, 0.717) is 10.8 Å². The summed E-state index contributed by atoms with van der Waals surface area (Å²) < 4.78 is 12.5. The quantitative estimate of drug-likeness (QED) is 0.789. The van der Waals surface area contributed by atoms with Crippen molar-refractivity contribution in [2.45, 2.75) is 43.1 Å². The standard InChI is InChI=1S/C15H18ClNOS/c16-14-8-6-12(7-9-14)11-19(18)15-5-3-1-2-4-13(15)10-17/h6-9,13,15H,1-5,11H2. The van der Waals surface area contributed by atoms with Crippen LogP contribution in [0.1, 0.15) is 37.7 Å². The van der Waals surface area contributed by atoms with Gasteiger partial charge in [0.1, 0.15) is 0 Å². The second-order valence-corrected chi connectivity index (χ2v) is 7.16. The summed E-state index contributed by atoms with van der Waals surface area (Å²) in [6, 6.07) is 9.83. The van der Waals surface area contributed by atoms with Gasteiger partial charge in [-0.25, -0.2) is 0 Å². The zero-order valence-corrected chi connectivity index (χ0v) is 12.4. The van der Waals surface area contributed by atoms with Crippen LogP contribution < -0.4 is 0 Å². The first-order valence-electron chi connectivity index (χ1n) is 6.72. The van der Waals surface area contributed by atoms with E-state index in [1.165, 1.54) is 0 Å². The van der Waals surface area contributed by atoms with Gasteiger partial charge in [0.15, 0.2) is 0 Å². The zero-order chi connectivity index (χ0) is 13.7. The molecule has 3 unspecified atom stereocenters. The van der Waals surface area contributed by atoms with Gasteiger partial charge in [0.05, 0.1) is 17.2 Å². The van der Waals surface area contributed by atoms with Gasteiger partial charge in [0.2, 0.25) is 0 Å². The van der Waals surface area contributed by atoms with Gasteiger partial charge in [-0.1, -0.05) is 43.0 Å². The molecule has 0 spiro atoms. The number of hydrogen-bond acceptors (Lipinski definition) is 2. The van der Waals surface area contributed by atoms with Crippen LogP contribution in [0.5, 0.6) is 0 Å². The summed E-state index contributed by atoms with van der Waals surface area (Å²) in [6.45, 7) is 0. The van der Waals surface area contributed by atoms with Gasteiger partial charge in [0.25, 0.3) is 0 Å². The third-order valence-electron chi connectivity index (χ3n) is 3.68. The van der Waals surface area contributed by atoms with Crippen LogP contribution in [-0.4, -0.2) is 9.46 Å². The first kappa shape index (κ1) is 14.6. The number of nitriles is 1. The maximum Gasteiger partial charge on any atom is 0.0668 e. The Bertz CT molecular complexity index is 480. The Morgan fingerprint density at radius 3 is 2.58 bits per heavy atom. The van der Waals surface area contributed by atoms with Crippen molar-refractivity contribution in [2.24, 2.45) is 5.92 Å². The van der Waals surface area contributed by atoms with Crippen molar-refractivity contribution in [2.75, 3.05) is 0 Å². The fraction of sp³-hybridized carbons (Fsp3) is 0.533. The molecule has 4 heteroatoms. The number of benzene rings is 1. The second-order valence-electron chi connectivity index (χ2n) is 5.06. The summed E-state index contributed by atoms with van der Waals surface area (Å²) in [5.74, 6) is 0.482. The Kier molecular flexibility index (Phi) is 5.42. The molecule has 1 aliphatic carbocycles. The number of rotatable bonds is 3. The molecule has 1 fully saturated rings. The predicted octanol–water partition coefficient (Wildman–Crippen LogP) is 4.06. The average molecular weight is 296 g/mol. The fourth-order valence-electron chi connectivity index (χ4n) is 2.59. The molecule has 1 saturated carbocycles. The van der Waals surface area contributed by atoms with Gasteiger partial charge in [-0.15, -0.1) is 0 Å². The molecule has 2 nitrogen and oxygen atoms in total. The van der Waals surface area contributed by atoms with Crippen LogP contribution in [0.4, 0.5) is 0 Å². The lowest BCUT2D eigenvalue weighted by atomic mass is 10.0. The van der Waals surface area contributed by atoms with E-state index in [1.807, 2.05) is 24.3 Å². The average Bonchev–Trinajstić information content (AvgIpc) is 2.66. The first-order valence-corrected chi connectivity index (χ1v) is 8.48. The molecule has 0 aromatic heterocycles. The molecule has 102 valence electrons. The second kappa shape index (κ2) is 7.07. The highest BCUT2D eigenvalue weighted by Crippen LogP contribution is 2.28. The van der Waals surface area contributed by atoms with Crippen molar-refractivity contribution in [3.63, 3.8) is 0 Å². The van der Waals surface area contributed by atoms with Crippen LogP contribution in [0.15, 0.2) is 24.3 Å². The summed E-state index contributed by atoms with van der Waals surface area (Å²) in [6.07, 6.45) is 5.15. The largest absolute Gasteiger partial charge is 0.259 e. The summed E-state index contributed by atoms with van der Waals surface area (Å²) in [5, 5.41) is 9.96. The van der Waals surface area contributed by atoms with E-state index in [-0.39, 0.29) is 11.2 Å². The minimum atomic E-state index is -0.971. The minimum Gasteiger partial charge on any atom is -0.259 e. The summed E-state index contributed by atoms with van der Waals surface area (Å²) in [5.41, 5.74) is 1.03. The Morgan fingerprint density at radius 2 is 1.89 bits per heavy atom. The van der Waals surface area contributed by atoms with Crippen LogP contribution in [0.3, 0.4) is 0 Å². The molecular weight excluding hydrogens is 278 g/mol. The van der Waals surface area contributed by atoms with E-state index in [4.69, 9.17) is 11.6 Å². The third kappa shape index (κ3) is 4.06. The van der Waals surface area contributed by atoms with E-state index >= 15 is 0 Å². The number of hydrogen-bond donors (Lipinski definition) is 0. The predicted molar refractivity (Wildman–Crippen MR) is 79.3 cm³/mol. The third-order valence-corrected chi connectivity index (χ3v) is 5.79. The van der Waals surface area contributed by atoms with Crippen LogP contribution in [0, 0.1) is 17.2 Å². The Labute approximate surface area is 122 Å². The minimum absolute atomic E-state index is 0.0307. The summed E-state index contributed by atoms with van der Waals surface area (Å²) >= 11 is 5.85. The highest BCUT2D eigenvalue weighted by atomic mass is 35.5. The Hall–Kier alpha value is -0.850. The number of halogens is 1. The molecule has 0 radical (unpaired) electrons. The molecule has 0 heterocycles. The zero-order valence-electron chi connectivity index (χ0n) is 10.8. The van der Waals surface area contributed by atoms with E-state index in [0.717, 1.165) is 37.7 Å². The van der Waals surface area contributed by atoms with E-state index in [9.17, 15) is 9.47 Å². The lowest BCUT2D eigenvalue weighted by Crippen LogP contribution is -2.24. The number of nitrogens with zero attached hydrogens (tertiary/aromatic N) is 1.